The largest absolute Gasteiger partial charge is 0.463 e. The number of carbonyl (C=O) groups excluding carboxylic acids is 4. The van der Waals surface area contributed by atoms with Crippen molar-refractivity contribution in [3.8, 4) is 0 Å². The van der Waals surface area contributed by atoms with Gasteiger partial charge >= 0.3 is 5.97 Å². The lowest BCUT2D eigenvalue weighted by Gasteiger charge is -2.48. The van der Waals surface area contributed by atoms with Crippen LogP contribution in [0.2, 0.25) is 0 Å². The Morgan fingerprint density at radius 3 is 2.24 bits per heavy atom. The first kappa shape index (κ1) is 22.4. The second-order valence-electron chi connectivity index (χ2n) is 7.35. The minimum Gasteiger partial charge on any atom is -0.463 e. The van der Waals surface area contributed by atoms with Crippen LogP contribution in [0.15, 0.2) is 71.9 Å². The molecule has 0 bridgehead atoms. The fraction of sp³-hybridized carbons (Fsp3) is 0.217. The predicted octanol–water partition coefficient (Wildman–Crippen LogP) is 0.791. The molecular formula is C23H20N2O7S. The number of carbonyl (C=O) groups is 4. The summed E-state index contributed by atoms with van der Waals surface area (Å²) in [6, 6.07) is 17.2. The summed E-state index contributed by atoms with van der Waals surface area (Å²) < 4.78 is 23.4. The third-order valence-electron chi connectivity index (χ3n) is 5.40. The van der Waals surface area contributed by atoms with Gasteiger partial charge in [0.25, 0.3) is 12.4 Å². The zero-order chi connectivity index (χ0) is 23.4. The van der Waals surface area contributed by atoms with Gasteiger partial charge in [0.05, 0.1) is 16.6 Å². The first-order chi connectivity index (χ1) is 16.1. The summed E-state index contributed by atoms with van der Waals surface area (Å²) in [5.74, 6) is -1.52. The predicted molar refractivity (Wildman–Crippen MR) is 116 cm³/mol. The first-order valence-corrected chi connectivity index (χ1v) is 11.4. The van der Waals surface area contributed by atoms with E-state index in [9.17, 15) is 23.4 Å². The number of hydrogen-bond acceptors (Lipinski definition) is 7. The third kappa shape index (κ3) is 4.29. The van der Waals surface area contributed by atoms with E-state index in [1.807, 2.05) is 60.7 Å². The molecule has 0 aromatic heterocycles. The molecule has 0 aliphatic carbocycles. The Morgan fingerprint density at radius 1 is 1.09 bits per heavy atom. The van der Waals surface area contributed by atoms with Crippen LogP contribution in [-0.2, 0) is 39.5 Å². The molecule has 0 unspecified atom stereocenters. The van der Waals surface area contributed by atoms with E-state index in [0.717, 1.165) is 16.0 Å². The van der Waals surface area contributed by atoms with Crippen LogP contribution in [0.3, 0.4) is 0 Å². The highest BCUT2D eigenvalue weighted by molar-refractivity contribution is 7.86. The molecule has 0 spiro atoms. The minimum atomic E-state index is -1.61. The average molecular weight is 468 g/mol. The van der Waals surface area contributed by atoms with E-state index in [4.69, 9.17) is 9.47 Å². The zero-order valence-electron chi connectivity index (χ0n) is 17.3. The Morgan fingerprint density at radius 2 is 1.70 bits per heavy atom. The second kappa shape index (κ2) is 9.78. The Kier molecular flexibility index (Phi) is 6.64. The first-order valence-electron chi connectivity index (χ1n) is 10.0. The fourth-order valence-electron chi connectivity index (χ4n) is 3.93. The lowest BCUT2D eigenvalue weighted by atomic mass is 10.0. The van der Waals surface area contributed by atoms with Crippen molar-refractivity contribution in [3.05, 3.63) is 83.1 Å². The Hall–Kier alpha value is -3.79. The molecule has 1 fully saturated rings. The van der Waals surface area contributed by atoms with Gasteiger partial charge in [-0.05, 0) is 11.1 Å². The number of β-lactam (4-membered cyclic amide) rings is 1. The molecule has 3 atom stereocenters. The highest BCUT2D eigenvalue weighted by atomic mass is 32.2. The molecule has 2 aliphatic heterocycles. The van der Waals surface area contributed by atoms with E-state index < -0.39 is 40.2 Å². The van der Waals surface area contributed by atoms with Crippen LogP contribution in [0.25, 0.3) is 0 Å². The normalized spacial score (nSPS) is 21.7. The van der Waals surface area contributed by atoms with Gasteiger partial charge in [-0.25, -0.2) is 4.79 Å². The van der Waals surface area contributed by atoms with Crippen LogP contribution in [0.4, 0.5) is 0 Å². The number of nitrogens with one attached hydrogen (secondary N) is 1. The van der Waals surface area contributed by atoms with E-state index in [2.05, 4.69) is 5.32 Å². The molecule has 0 radical (unpaired) electrons. The minimum absolute atomic E-state index is 0.106. The molecule has 2 aromatic rings. The van der Waals surface area contributed by atoms with E-state index in [1.54, 1.807) is 0 Å². The molecule has 33 heavy (non-hydrogen) atoms. The van der Waals surface area contributed by atoms with Gasteiger partial charge in [-0.1, -0.05) is 60.7 Å². The van der Waals surface area contributed by atoms with E-state index in [-0.39, 0.29) is 30.1 Å². The van der Waals surface area contributed by atoms with Crippen molar-refractivity contribution in [1.29, 1.82) is 0 Å². The standard InChI is InChI=1S/C23H20N2O7S/c26-13-24-18-21(28)25-19(17(11-31-14-27)12-33(30)22(18)25)23(29)32-20(15-7-3-1-4-8-15)16-9-5-2-6-10-16/h1-10,13-14,18,20,22H,11-12H2,(H,24,26)/t18-,22-,33+/m1/s1. The van der Waals surface area contributed by atoms with Crippen LogP contribution in [0.1, 0.15) is 17.2 Å². The summed E-state index contributed by atoms with van der Waals surface area (Å²) in [6.07, 6.45) is -0.420. The average Bonchev–Trinajstić information content (AvgIpc) is 2.85. The van der Waals surface area contributed by atoms with Gasteiger partial charge in [0.2, 0.25) is 6.41 Å². The molecule has 1 saturated heterocycles. The van der Waals surface area contributed by atoms with Crippen LogP contribution in [0.5, 0.6) is 0 Å². The summed E-state index contributed by atoms with van der Waals surface area (Å²) >= 11 is 0. The fourth-order valence-corrected chi connectivity index (χ4v) is 5.61. The number of benzene rings is 2. The van der Waals surface area contributed by atoms with Gasteiger partial charge in [-0.15, -0.1) is 0 Å². The van der Waals surface area contributed by atoms with Crippen LogP contribution in [0, 0.1) is 0 Å². The quantitative estimate of drug-likeness (QED) is 0.328. The van der Waals surface area contributed by atoms with Crippen molar-refractivity contribution in [2.24, 2.45) is 0 Å². The maximum Gasteiger partial charge on any atom is 0.356 e. The maximum atomic E-state index is 13.4. The summed E-state index contributed by atoms with van der Waals surface area (Å²) in [5.41, 5.74) is 1.52. The number of hydrogen-bond donors (Lipinski definition) is 1. The molecule has 170 valence electrons. The molecule has 2 heterocycles. The molecular weight excluding hydrogens is 448 g/mol. The lowest BCUT2D eigenvalue weighted by molar-refractivity contribution is -0.154. The van der Waals surface area contributed by atoms with Gasteiger partial charge in [0.1, 0.15) is 23.7 Å². The van der Waals surface area contributed by atoms with Gasteiger partial charge in [0, 0.05) is 5.57 Å². The zero-order valence-corrected chi connectivity index (χ0v) is 18.1. The number of rotatable bonds is 9. The van der Waals surface area contributed by atoms with Gasteiger partial charge in [-0.2, -0.15) is 0 Å². The SMILES string of the molecule is O=CN[C@@H]1C(=O)N2C(C(=O)OC(c3ccccc3)c3ccccc3)=C(COC=O)C[S@](=O)[C@H]12. The van der Waals surface area contributed by atoms with Crippen molar-refractivity contribution in [3.63, 3.8) is 0 Å². The highest BCUT2D eigenvalue weighted by Gasteiger charge is 2.57. The number of nitrogens with zero attached hydrogens (tertiary/aromatic N) is 1. The Labute approximate surface area is 191 Å². The smallest absolute Gasteiger partial charge is 0.356 e. The van der Waals surface area contributed by atoms with Crippen LogP contribution in [-0.4, -0.2) is 57.6 Å². The number of ether oxygens (including phenoxy) is 2. The molecule has 1 N–H and O–H groups in total. The van der Waals surface area contributed by atoms with Gasteiger partial charge in [-0.3, -0.25) is 23.5 Å². The Balaban J connectivity index is 1.71. The molecule has 2 aromatic carbocycles. The molecule has 10 heteroatoms. The molecule has 9 nitrogen and oxygen atoms in total. The van der Waals surface area contributed by atoms with E-state index in [0.29, 0.717) is 6.41 Å². The van der Waals surface area contributed by atoms with Crippen molar-refractivity contribution in [1.82, 2.24) is 10.2 Å². The summed E-state index contributed by atoms with van der Waals surface area (Å²) in [5, 5.41) is 1.44. The van der Waals surface area contributed by atoms with Crippen molar-refractivity contribution in [2.45, 2.75) is 17.5 Å². The number of fused-ring (bicyclic) bond motifs is 1. The maximum absolute atomic E-state index is 13.4. The topological polar surface area (TPSA) is 119 Å². The Bertz CT molecular complexity index is 1080. The summed E-state index contributed by atoms with van der Waals surface area (Å²) in [4.78, 5) is 48.8. The van der Waals surface area contributed by atoms with Crippen LogP contribution < -0.4 is 5.32 Å². The van der Waals surface area contributed by atoms with Crippen molar-refractivity contribution in [2.75, 3.05) is 12.4 Å². The monoisotopic (exact) mass is 468 g/mol. The number of esters is 1. The molecule has 0 saturated carbocycles. The molecule has 4 rings (SSSR count). The van der Waals surface area contributed by atoms with Crippen molar-refractivity contribution >= 4 is 35.6 Å². The number of amides is 2. The van der Waals surface area contributed by atoms with Crippen molar-refractivity contribution < 1.29 is 32.9 Å². The van der Waals surface area contributed by atoms with E-state index >= 15 is 0 Å². The summed E-state index contributed by atoms with van der Waals surface area (Å²) in [6.45, 7) is -0.111. The summed E-state index contributed by atoms with van der Waals surface area (Å²) in [7, 11) is -1.61. The van der Waals surface area contributed by atoms with Gasteiger partial charge < -0.3 is 14.8 Å². The molecule has 2 aliphatic rings. The lowest BCUT2D eigenvalue weighted by Crippen LogP contribution is -2.73. The van der Waals surface area contributed by atoms with Gasteiger partial charge in [0.15, 0.2) is 6.10 Å². The van der Waals surface area contributed by atoms with E-state index in [1.165, 1.54) is 0 Å². The second-order valence-corrected chi connectivity index (χ2v) is 8.89. The highest BCUT2D eigenvalue weighted by Crippen LogP contribution is 2.37. The third-order valence-corrected chi connectivity index (χ3v) is 7.06. The van der Waals surface area contributed by atoms with Crippen LogP contribution >= 0.6 is 0 Å². The molecule has 2 amide bonds.